The van der Waals surface area contributed by atoms with Gasteiger partial charge in [-0.1, -0.05) is 48.5 Å². The summed E-state index contributed by atoms with van der Waals surface area (Å²) in [7, 11) is 0. The number of nitrogens with one attached hydrogen (secondary N) is 3. The van der Waals surface area contributed by atoms with Gasteiger partial charge in [0.1, 0.15) is 5.82 Å². The molecule has 0 spiro atoms. The molecule has 5 amide bonds. The number of carboxylic acids is 1. The van der Waals surface area contributed by atoms with E-state index in [2.05, 4.69) is 16.0 Å². The number of carbonyl (C=O) groups is 4. The van der Waals surface area contributed by atoms with Crippen LogP contribution in [0.1, 0.15) is 38.5 Å². The van der Waals surface area contributed by atoms with E-state index in [1.165, 1.54) is 41.3 Å². The lowest BCUT2D eigenvalue weighted by atomic mass is 9.82. The molecule has 1 aliphatic heterocycles. The first-order valence-electron chi connectivity index (χ1n) is 13.0. The largest absolute Gasteiger partial charge is 0.481 e. The van der Waals surface area contributed by atoms with Crippen molar-refractivity contribution < 1.29 is 28.7 Å². The molecule has 2 atom stereocenters. The van der Waals surface area contributed by atoms with Crippen LogP contribution in [0.25, 0.3) is 0 Å². The minimum absolute atomic E-state index is 0.00105. The SMILES string of the molecule is O=C(O)CC(NC(=O)C1N(C(=O)Nc2cccc(F)c2)CCN1C(=O)Nc1ccc(Cl)c(Cl)c1)C1CCCCC1. The van der Waals surface area contributed by atoms with E-state index in [9.17, 15) is 28.7 Å². The number of aliphatic carboxylic acids is 1. The minimum Gasteiger partial charge on any atom is -0.481 e. The van der Waals surface area contributed by atoms with Crippen LogP contribution in [0.5, 0.6) is 0 Å². The molecule has 40 heavy (non-hydrogen) atoms. The van der Waals surface area contributed by atoms with E-state index in [0.717, 1.165) is 43.1 Å². The Morgan fingerprint density at radius 3 is 2.10 bits per heavy atom. The number of hydrogen-bond acceptors (Lipinski definition) is 4. The van der Waals surface area contributed by atoms with Gasteiger partial charge in [-0.05, 0) is 55.2 Å². The summed E-state index contributed by atoms with van der Waals surface area (Å²) in [6, 6.07) is 7.71. The van der Waals surface area contributed by atoms with Crippen LogP contribution in [0.4, 0.5) is 25.4 Å². The Balaban J connectivity index is 1.58. The van der Waals surface area contributed by atoms with E-state index in [4.69, 9.17) is 23.2 Å². The van der Waals surface area contributed by atoms with Crippen molar-refractivity contribution in [3.8, 4) is 0 Å². The Labute approximate surface area is 240 Å². The maximum atomic E-state index is 13.7. The molecule has 214 valence electrons. The Bertz CT molecular complexity index is 1280. The van der Waals surface area contributed by atoms with Crippen LogP contribution in [0.2, 0.25) is 10.0 Å². The molecule has 0 aromatic heterocycles. The van der Waals surface area contributed by atoms with E-state index >= 15 is 0 Å². The molecule has 2 unspecified atom stereocenters. The quantitative estimate of drug-likeness (QED) is 0.342. The van der Waals surface area contributed by atoms with Crippen LogP contribution < -0.4 is 16.0 Å². The van der Waals surface area contributed by atoms with E-state index in [-0.39, 0.29) is 36.1 Å². The highest BCUT2D eigenvalue weighted by Crippen LogP contribution is 2.29. The molecule has 1 saturated heterocycles. The number of benzene rings is 2. The van der Waals surface area contributed by atoms with Gasteiger partial charge in [0.15, 0.2) is 6.17 Å². The molecule has 4 rings (SSSR count). The zero-order valence-corrected chi connectivity index (χ0v) is 23.1. The molecule has 10 nitrogen and oxygen atoms in total. The second-order valence-corrected chi connectivity index (χ2v) is 10.7. The van der Waals surface area contributed by atoms with Gasteiger partial charge in [0.2, 0.25) is 0 Å². The first-order chi connectivity index (χ1) is 19.1. The Morgan fingerprint density at radius 2 is 1.52 bits per heavy atom. The molecule has 1 saturated carbocycles. The summed E-state index contributed by atoms with van der Waals surface area (Å²) in [6.45, 7) is 0.00982. The Hall–Kier alpha value is -3.57. The standard InChI is InChI=1S/C27H30Cl2FN5O5/c28-20-10-9-19(14-21(20)29)32-27(40)35-12-11-34(26(39)31-18-8-4-7-17(30)13-18)25(35)24(38)33-22(15-23(36)37)16-5-2-1-3-6-16/h4,7-10,13-14,16,22,25H,1-3,5-6,11-12,15H2,(H,31,39)(H,32,40)(H,33,38)(H,36,37). The third-order valence-electron chi connectivity index (χ3n) is 7.12. The van der Waals surface area contributed by atoms with Crippen molar-refractivity contribution in [3.05, 3.63) is 58.3 Å². The van der Waals surface area contributed by atoms with Crippen molar-refractivity contribution in [2.75, 3.05) is 23.7 Å². The second-order valence-electron chi connectivity index (χ2n) is 9.87. The third-order valence-corrected chi connectivity index (χ3v) is 7.86. The first-order valence-corrected chi connectivity index (χ1v) is 13.8. The van der Waals surface area contributed by atoms with Crippen molar-refractivity contribution in [1.82, 2.24) is 15.1 Å². The fourth-order valence-corrected chi connectivity index (χ4v) is 5.48. The number of carbonyl (C=O) groups excluding carboxylic acids is 3. The van der Waals surface area contributed by atoms with Crippen molar-refractivity contribution in [3.63, 3.8) is 0 Å². The number of anilines is 2. The average molecular weight is 594 g/mol. The third kappa shape index (κ3) is 7.33. The second kappa shape index (κ2) is 13.2. The monoisotopic (exact) mass is 593 g/mol. The first kappa shape index (κ1) is 29.4. The molecule has 2 aliphatic rings. The molecule has 1 aliphatic carbocycles. The zero-order chi connectivity index (χ0) is 28.8. The summed E-state index contributed by atoms with van der Waals surface area (Å²) < 4.78 is 13.7. The van der Waals surface area contributed by atoms with Gasteiger partial charge in [-0.25, -0.2) is 14.0 Å². The summed E-state index contributed by atoms with van der Waals surface area (Å²) >= 11 is 12.0. The van der Waals surface area contributed by atoms with Gasteiger partial charge in [0.25, 0.3) is 5.91 Å². The molecule has 13 heteroatoms. The highest BCUT2D eigenvalue weighted by Gasteiger charge is 2.44. The maximum Gasteiger partial charge on any atom is 0.323 e. The number of urea groups is 2. The van der Waals surface area contributed by atoms with Crippen molar-refractivity contribution in [2.45, 2.75) is 50.7 Å². The molecular weight excluding hydrogens is 564 g/mol. The van der Waals surface area contributed by atoms with Gasteiger partial charge in [0, 0.05) is 30.5 Å². The number of rotatable bonds is 7. The van der Waals surface area contributed by atoms with Gasteiger partial charge in [0.05, 0.1) is 16.5 Å². The average Bonchev–Trinajstić information content (AvgIpc) is 3.37. The van der Waals surface area contributed by atoms with Gasteiger partial charge in [-0.15, -0.1) is 0 Å². The minimum atomic E-state index is -1.39. The fraction of sp³-hybridized carbons (Fsp3) is 0.407. The fourth-order valence-electron chi connectivity index (χ4n) is 5.18. The number of amides is 5. The molecule has 0 radical (unpaired) electrons. The predicted octanol–water partition coefficient (Wildman–Crippen LogP) is 5.38. The molecule has 2 fully saturated rings. The van der Waals surface area contributed by atoms with Crippen molar-refractivity contribution in [1.29, 1.82) is 0 Å². The molecule has 2 aromatic carbocycles. The topological polar surface area (TPSA) is 131 Å². The number of hydrogen-bond donors (Lipinski definition) is 4. The number of nitrogens with zero attached hydrogens (tertiary/aromatic N) is 2. The van der Waals surface area contributed by atoms with E-state index in [0.29, 0.717) is 10.7 Å². The van der Waals surface area contributed by atoms with Crippen molar-refractivity contribution >= 4 is 58.5 Å². The summed E-state index contributed by atoms with van der Waals surface area (Å²) in [4.78, 5) is 54.3. The number of carboxylic acid groups (broad SMARTS) is 1. The highest BCUT2D eigenvalue weighted by molar-refractivity contribution is 6.42. The van der Waals surface area contributed by atoms with Gasteiger partial charge in [-0.3, -0.25) is 19.4 Å². The lowest BCUT2D eigenvalue weighted by Crippen LogP contribution is -2.58. The Morgan fingerprint density at radius 1 is 0.900 bits per heavy atom. The van der Waals surface area contributed by atoms with E-state index < -0.39 is 42.0 Å². The van der Waals surface area contributed by atoms with Crippen LogP contribution in [-0.2, 0) is 9.59 Å². The van der Waals surface area contributed by atoms with Crippen molar-refractivity contribution in [2.24, 2.45) is 5.92 Å². The van der Waals surface area contributed by atoms with Gasteiger partial charge >= 0.3 is 18.0 Å². The number of halogens is 3. The molecule has 1 heterocycles. The van der Waals surface area contributed by atoms with Crippen LogP contribution >= 0.6 is 23.2 Å². The molecule has 2 aromatic rings. The lowest BCUT2D eigenvalue weighted by molar-refractivity contribution is -0.138. The Kier molecular flexibility index (Phi) is 9.70. The van der Waals surface area contributed by atoms with Crippen LogP contribution in [0, 0.1) is 11.7 Å². The maximum absolute atomic E-state index is 13.7. The van der Waals surface area contributed by atoms with E-state index in [1.54, 1.807) is 0 Å². The molecular formula is C27H30Cl2FN5O5. The van der Waals surface area contributed by atoms with Gasteiger partial charge in [-0.2, -0.15) is 0 Å². The highest BCUT2D eigenvalue weighted by atomic mass is 35.5. The summed E-state index contributed by atoms with van der Waals surface area (Å²) in [5.74, 6) is -2.34. The van der Waals surface area contributed by atoms with Crippen LogP contribution in [0.3, 0.4) is 0 Å². The van der Waals surface area contributed by atoms with Crippen LogP contribution in [-0.4, -0.2) is 64.1 Å². The summed E-state index contributed by atoms with van der Waals surface area (Å²) in [5, 5.41) is 18.1. The predicted molar refractivity (Wildman–Crippen MR) is 149 cm³/mol. The molecule has 4 N–H and O–H groups in total. The smallest absolute Gasteiger partial charge is 0.323 e. The normalized spacial score (nSPS) is 18.2. The van der Waals surface area contributed by atoms with Crippen LogP contribution in [0.15, 0.2) is 42.5 Å². The zero-order valence-electron chi connectivity index (χ0n) is 21.5. The summed E-state index contributed by atoms with van der Waals surface area (Å²) in [6.07, 6.45) is 2.78. The molecule has 0 bridgehead atoms. The lowest BCUT2D eigenvalue weighted by Gasteiger charge is -2.34. The van der Waals surface area contributed by atoms with E-state index in [1.807, 2.05) is 0 Å². The van der Waals surface area contributed by atoms with Gasteiger partial charge < -0.3 is 21.1 Å². The summed E-state index contributed by atoms with van der Waals surface area (Å²) in [5.41, 5.74) is 0.501.